The number of rotatable bonds is 8. The molecule has 0 unspecified atom stereocenters. The van der Waals surface area contributed by atoms with Gasteiger partial charge in [0.2, 0.25) is 0 Å². The fraction of sp³-hybridized carbons (Fsp3) is 0.538. The van der Waals surface area contributed by atoms with E-state index in [2.05, 4.69) is 22.2 Å². The summed E-state index contributed by atoms with van der Waals surface area (Å²) in [5, 5.41) is 21.3. The lowest BCUT2D eigenvalue weighted by Crippen LogP contribution is -2.01. The van der Waals surface area contributed by atoms with E-state index in [0.29, 0.717) is 22.6 Å². The summed E-state index contributed by atoms with van der Waals surface area (Å²) >= 11 is 1.23. The molecule has 2 heterocycles. The van der Waals surface area contributed by atoms with Gasteiger partial charge < -0.3 is 9.52 Å². The number of unbranched alkanes of at least 4 members (excludes halogenated alkanes) is 1. The first-order valence-corrected chi connectivity index (χ1v) is 7.81. The van der Waals surface area contributed by atoms with Gasteiger partial charge in [-0.3, -0.25) is 9.48 Å². The molecule has 0 aromatic carbocycles. The summed E-state index contributed by atoms with van der Waals surface area (Å²) in [6.07, 6.45) is 2.24. The highest BCUT2D eigenvalue weighted by Gasteiger charge is 2.14. The van der Waals surface area contributed by atoms with Crippen LogP contribution in [0, 0.1) is 6.92 Å². The Hall–Kier alpha value is -1.83. The van der Waals surface area contributed by atoms with Crippen molar-refractivity contribution >= 4 is 17.7 Å². The number of carboxylic acid groups (broad SMARTS) is 1. The van der Waals surface area contributed by atoms with E-state index >= 15 is 0 Å². The second-order valence-corrected chi connectivity index (χ2v) is 5.66. The van der Waals surface area contributed by atoms with Crippen LogP contribution in [0.3, 0.4) is 0 Å². The van der Waals surface area contributed by atoms with E-state index in [4.69, 9.17) is 9.52 Å². The van der Waals surface area contributed by atoms with Crippen LogP contribution in [0.1, 0.15) is 31.9 Å². The highest BCUT2D eigenvalue weighted by molar-refractivity contribution is 7.99. The molecule has 0 amide bonds. The Balaban J connectivity index is 2.02. The molecule has 0 radical (unpaired) electrons. The van der Waals surface area contributed by atoms with Gasteiger partial charge in [-0.15, -0.1) is 10.2 Å². The molecule has 0 aliphatic rings. The lowest BCUT2D eigenvalue weighted by atomic mass is 10.3. The molecule has 0 aliphatic carbocycles. The van der Waals surface area contributed by atoms with Gasteiger partial charge in [-0.2, -0.15) is 5.10 Å². The van der Waals surface area contributed by atoms with Crippen LogP contribution in [0.4, 0.5) is 0 Å². The van der Waals surface area contributed by atoms with Crippen LogP contribution < -0.4 is 0 Å². The molecule has 2 aromatic heterocycles. The molecule has 0 spiro atoms. The fourth-order valence-electron chi connectivity index (χ4n) is 1.75. The van der Waals surface area contributed by atoms with Gasteiger partial charge in [-0.05, 0) is 19.4 Å². The summed E-state index contributed by atoms with van der Waals surface area (Å²) < 4.78 is 7.43. The average Bonchev–Trinajstić information content (AvgIpc) is 3.03. The predicted octanol–water partition coefficient (Wildman–Crippen LogP) is 2.61. The third-order valence-electron chi connectivity index (χ3n) is 2.87. The van der Waals surface area contributed by atoms with Gasteiger partial charge in [0.25, 0.3) is 11.1 Å². The van der Waals surface area contributed by atoms with E-state index in [1.54, 1.807) is 0 Å². The van der Waals surface area contributed by atoms with Crippen LogP contribution >= 0.6 is 11.8 Å². The van der Waals surface area contributed by atoms with Crippen molar-refractivity contribution < 1.29 is 14.3 Å². The molecule has 114 valence electrons. The number of thioether (sulfide) groups is 1. The number of hydrogen-bond acceptors (Lipinski definition) is 6. The molecule has 0 saturated carbocycles. The van der Waals surface area contributed by atoms with Gasteiger partial charge in [-0.25, -0.2) is 0 Å². The summed E-state index contributed by atoms with van der Waals surface area (Å²) in [7, 11) is 0. The molecule has 7 nitrogen and oxygen atoms in total. The summed E-state index contributed by atoms with van der Waals surface area (Å²) in [4.78, 5) is 10.5. The monoisotopic (exact) mass is 310 g/mol. The summed E-state index contributed by atoms with van der Waals surface area (Å²) in [6, 6.07) is 1.91. The van der Waals surface area contributed by atoms with Crippen molar-refractivity contribution in [3.63, 3.8) is 0 Å². The lowest BCUT2D eigenvalue weighted by molar-refractivity contribution is -0.136. The average molecular weight is 310 g/mol. The van der Waals surface area contributed by atoms with Crippen molar-refractivity contribution in [1.29, 1.82) is 0 Å². The molecule has 21 heavy (non-hydrogen) atoms. The highest BCUT2D eigenvalue weighted by atomic mass is 32.2. The lowest BCUT2D eigenvalue weighted by Gasteiger charge is -2.01. The Morgan fingerprint density at radius 2 is 2.29 bits per heavy atom. The highest BCUT2D eigenvalue weighted by Crippen LogP contribution is 2.23. The van der Waals surface area contributed by atoms with Gasteiger partial charge in [0.15, 0.2) is 0 Å². The zero-order valence-corrected chi connectivity index (χ0v) is 12.9. The van der Waals surface area contributed by atoms with Crippen molar-refractivity contribution in [2.45, 2.75) is 44.9 Å². The maximum Gasteiger partial charge on any atom is 0.304 e. The fourth-order valence-corrected chi connectivity index (χ4v) is 2.43. The van der Waals surface area contributed by atoms with Gasteiger partial charge in [0.1, 0.15) is 5.69 Å². The first kappa shape index (κ1) is 15.6. The Bertz CT molecular complexity index is 608. The molecule has 2 aromatic rings. The van der Waals surface area contributed by atoms with Crippen molar-refractivity contribution in [3.05, 3.63) is 11.8 Å². The van der Waals surface area contributed by atoms with E-state index in [1.165, 1.54) is 11.8 Å². The van der Waals surface area contributed by atoms with E-state index in [9.17, 15) is 4.79 Å². The van der Waals surface area contributed by atoms with Gasteiger partial charge >= 0.3 is 5.97 Å². The number of hydrogen-bond donors (Lipinski definition) is 1. The van der Waals surface area contributed by atoms with Gasteiger partial charge in [0, 0.05) is 18.0 Å². The first-order chi connectivity index (χ1) is 10.1. The van der Waals surface area contributed by atoms with Crippen LogP contribution in [-0.2, 0) is 11.3 Å². The second kappa shape index (κ2) is 7.26. The van der Waals surface area contributed by atoms with E-state index in [-0.39, 0.29) is 6.42 Å². The number of carboxylic acids is 1. The predicted molar refractivity (Wildman–Crippen MR) is 78.1 cm³/mol. The van der Waals surface area contributed by atoms with Crippen LogP contribution in [0.15, 0.2) is 15.7 Å². The normalized spacial score (nSPS) is 11.0. The Morgan fingerprint density at radius 3 is 3.00 bits per heavy atom. The summed E-state index contributed by atoms with van der Waals surface area (Å²) in [6.45, 7) is 5.00. The maximum absolute atomic E-state index is 10.5. The quantitative estimate of drug-likeness (QED) is 0.749. The zero-order valence-electron chi connectivity index (χ0n) is 12.1. The Labute approximate surface area is 126 Å². The standard InChI is InChI=1S/C13H18N4O3S/c1-3-4-6-17-9(2)8-10(16-17)12-14-15-13(20-12)21-7-5-11(18)19/h8H,3-7H2,1-2H3,(H,18,19). The van der Waals surface area contributed by atoms with Crippen LogP contribution in [0.5, 0.6) is 0 Å². The molecule has 0 saturated heterocycles. The van der Waals surface area contributed by atoms with Crippen LogP contribution in [-0.4, -0.2) is 36.8 Å². The number of aromatic nitrogens is 4. The Kier molecular flexibility index (Phi) is 5.38. The maximum atomic E-state index is 10.5. The minimum atomic E-state index is -0.840. The number of carbonyl (C=O) groups is 1. The SMILES string of the molecule is CCCCn1nc(-c2nnc(SCCC(=O)O)o2)cc1C. The largest absolute Gasteiger partial charge is 0.481 e. The van der Waals surface area contributed by atoms with Crippen molar-refractivity contribution in [2.75, 3.05) is 5.75 Å². The van der Waals surface area contributed by atoms with Crippen LogP contribution in [0.2, 0.25) is 0 Å². The van der Waals surface area contributed by atoms with E-state index in [1.807, 2.05) is 17.7 Å². The first-order valence-electron chi connectivity index (χ1n) is 6.83. The Morgan fingerprint density at radius 1 is 1.48 bits per heavy atom. The molecule has 2 rings (SSSR count). The molecular formula is C13H18N4O3S. The van der Waals surface area contributed by atoms with Crippen molar-refractivity contribution in [2.24, 2.45) is 0 Å². The van der Waals surface area contributed by atoms with E-state index < -0.39 is 5.97 Å². The third-order valence-corrected chi connectivity index (χ3v) is 3.69. The topological polar surface area (TPSA) is 94.0 Å². The molecular weight excluding hydrogens is 292 g/mol. The minimum absolute atomic E-state index is 0.0626. The van der Waals surface area contributed by atoms with Gasteiger partial charge in [0.05, 0.1) is 6.42 Å². The van der Waals surface area contributed by atoms with E-state index in [0.717, 1.165) is 25.1 Å². The molecule has 8 heteroatoms. The number of aliphatic carboxylic acids is 1. The molecule has 1 N–H and O–H groups in total. The van der Waals surface area contributed by atoms with Crippen molar-refractivity contribution in [1.82, 2.24) is 20.0 Å². The third kappa shape index (κ3) is 4.32. The molecule has 0 fully saturated rings. The molecule has 0 aliphatic heterocycles. The zero-order chi connectivity index (χ0) is 15.2. The minimum Gasteiger partial charge on any atom is -0.481 e. The summed E-state index contributed by atoms with van der Waals surface area (Å²) in [5.41, 5.74) is 1.71. The number of nitrogens with zero attached hydrogens (tertiary/aromatic N) is 4. The van der Waals surface area contributed by atoms with Gasteiger partial charge in [-0.1, -0.05) is 25.1 Å². The molecule has 0 atom stereocenters. The van der Waals surface area contributed by atoms with Crippen molar-refractivity contribution in [3.8, 4) is 11.6 Å². The molecule has 0 bridgehead atoms. The van der Waals surface area contributed by atoms with Crippen LogP contribution in [0.25, 0.3) is 11.6 Å². The number of aryl methyl sites for hydroxylation is 2. The smallest absolute Gasteiger partial charge is 0.304 e. The summed E-state index contributed by atoms with van der Waals surface area (Å²) in [5.74, 6) is -0.0697. The second-order valence-electron chi connectivity index (χ2n) is 4.61.